The second-order valence-electron chi connectivity index (χ2n) is 4.14. The Bertz CT molecular complexity index is 713. The molecule has 0 saturated carbocycles. The lowest BCUT2D eigenvalue weighted by molar-refractivity contribution is -0.117. The number of rotatable bonds is 3. The average molecular weight is 312 g/mol. The van der Waals surface area contributed by atoms with Gasteiger partial charge < -0.3 is 5.32 Å². The van der Waals surface area contributed by atoms with E-state index in [1.165, 1.54) is 12.1 Å². The third kappa shape index (κ3) is 3.59. The minimum absolute atomic E-state index is 0.181. The number of carbonyl (C=O) groups excluding carboxylic acids is 1. The van der Waals surface area contributed by atoms with E-state index in [4.69, 9.17) is 23.2 Å². The number of aryl methyl sites for hydroxylation is 1. The van der Waals surface area contributed by atoms with Crippen LogP contribution in [0.4, 0.5) is 5.69 Å². The number of aromatic nitrogens is 2. The smallest absolute Gasteiger partial charge is 0.267 e. The summed E-state index contributed by atoms with van der Waals surface area (Å²) < 4.78 is 1.09. The molecule has 0 saturated heterocycles. The first-order chi connectivity index (χ1) is 9.45. The van der Waals surface area contributed by atoms with Crippen LogP contribution in [-0.4, -0.2) is 15.7 Å². The summed E-state index contributed by atoms with van der Waals surface area (Å²) in [4.78, 5) is 23.4. The maximum Gasteiger partial charge on any atom is 0.267 e. The Kier molecular flexibility index (Phi) is 4.42. The lowest BCUT2D eigenvalue weighted by Gasteiger charge is -2.08. The SMILES string of the molecule is Cc1ccc(=O)n(CC(=O)Nc2ccc(Cl)cc2Cl)n1. The maximum absolute atomic E-state index is 11.9. The summed E-state index contributed by atoms with van der Waals surface area (Å²) in [7, 11) is 0. The van der Waals surface area contributed by atoms with Crippen molar-refractivity contribution in [1.29, 1.82) is 0 Å². The van der Waals surface area contributed by atoms with E-state index in [9.17, 15) is 9.59 Å². The number of carbonyl (C=O) groups is 1. The zero-order valence-corrected chi connectivity index (χ0v) is 12.1. The van der Waals surface area contributed by atoms with Gasteiger partial charge in [-0.15, -0.1) is 0 Å². The van der Waals surface area contributed by atoms with E-state index in [-0.39, 0.29) is 12.1 Å². The minimum atomic E-state index is -0.394. The number of nitrogens with zero attached hydrogens (tertiary/aromatic N) is 2. The summed E-state index contributed by atoms with van der Waals surface area (Å²) in [6, 6.07) is 7.68. The molecule has 20 heavy (non-hydrogen) atoms. The Morgan fingerprint density at radius 1 is 1.30 bits per heavy atom. The van der Waals surface area contributed by atoms with Crippen LogP contribution >= 0.6 is 23.2 Å². The van der Waals surface area contributed by atoms with Crippen LogP contribution in [-0.2, 0) is 11.3 Å². The van der Waals surface area contributed by atoms with Crippen LogP contribution in [0.15, 0.2) is 35.1 Å². The fraction of sp³-hybridized carbons (Fsp3) is 0.154. The highest BCUT2D eigenvalue weighted by Gasteiger charge is 2.09. The number of amides is 1. The molecule has 0 aliphatic heterocycles. The quantitative estimate of drug-likeness (QED) is 0.947. The summed E-state index contributed by atoms with van der Waals surface area (Å²) in [5, 5.41) is 7.39. The molecule has 0 radical (unpaired) electrons. The highest BCUT2D eigenvalue weighted by molar-refractivity contribution is 6.36. The predicted octanol–water partition coefficient (Wildman–Crippen LogP) is 2.50. The van der Waals surface area contributed by atoms with Crippen LogP contribution in [0, 0.1) is 6.92 Å². The van der Waals surface area contributed by atoms with Crippen molar-refractivity contribution >= 4 is 34.8 Å². The summed E-state index contributed by atoms with van der Waals surface area (Å²) in [5.41, 5.74) is 0.747. The zero-order chi connectivity index (χ0) is 14.7. The van der Waals surface area contributed by atoms with Gasteiger partial charge in [-0.2, -0.15) is 5.10 Å². The van der Waals surface area contributed by atoms with Crippen LogP contribution in [0.5, 0.6) is 0 Å². The Morgan fingerprint density at radius 3 is 2.75 bits per heavy atom. The van der Waals surface area contributed by atoms with Crippen molar-refractivity contribution in [2.75, 3.05) is 5.32 Å². The van der Waals surface area contributed by atoms with E-state index in [1.54, 1.807) is 25.1 Å². The lowest BCUT2D eigenvalue weighted by Crippen LogP contribution is -2.29. The van der Waals surface area contributed by atoms with E-state index in [0.29, 0.717) is 21.4 Å². The first-order valence-corrected chi connectivity index (χ1v) is 6.51. The van der Waals surface area contributed by atoms with Crippen LogP contribution in [0.1, 0.15) is 5.69 Å². The van der Waals surface area contributed by atoms with Gasteiger partial charge in [0.05, 0.1) is 16.4 Å². The molecule has 7 heteroatoms. The van der Waals surface area contributed by atoms with Gasteiger partial charge in [0.25, 0.3) is 5.56 Å². The average Bonchev–Trinajstić information content (AvgIpc) is 2.37. The minimum Gasteiger partial charge on any atom is -0.323 e. The molecule has 1 heterocycles. The fourth-order valence-corrected chi connectivity index (χ4v) is 2.04. The van der Waals surface area contributed by atoms with E-state index >= 15 is 0 Å². The molecule has 2 rings (SSSR count). The summed E-state index contributed by atoms with van der Waals surface area (Å²) in [5.74, 6) is -0.394. The van der Waals surface area contributed by atoms with Gasteiger partial charge in [0, 0.05) is 11.1 Å². The van der Waals surface area contributed by atoms with Crippen LogP contribution in [0.25, 0.3) is 0 Å². The molecule has 0 bridgehead atoms. The first kappa shape index (κ1) is 14.6. The summed E-state index contributed by atoms with van der Waals surface area (Å²) >= 11 is 11.7. The molecule has 5 nitrogen and oxygen atoms in total. The van der Waals surface area contributed by atoms with Crippen LogP contribution in [0.3, 0.4) is 0 Å². The second kappa shape index (κ2) is 6.07. The van der Waals surface area contributed by atoms with Gasteiger partial charge in [-0.1, -0.05) is 23.2 Å². The van der Waals surface area contributed by atoms with E-state index in [1.807, 2.05) is 0 Å². The van der Waals surface area contributed by atoms with Crippen molar-refractivity contribution in [3.05, 3.63) is 56.4 Å². The van der Waals surface area contributed by atoms with Crippen molar-refractivity contribution in [2.45, 2.75) is 13.5 Å². The molecule has 1 N–H and O–H groups in total. The Hall–Kier alpha value is -1.85. The van der Waals surface area contributed by atoms with Gasteiger partial charge in [-0.25, -0.2) is 4.68 Å². The van der Waals surface area contributed by atoms with Crippen molar-refractivity contribution in [3.8, 4) is 0 Å². The van der Waals surface area contributed by atoms with Gasteiger partial charge in [-0.05, 0) is 31.2 Å². The van der Waals surface area contributed by atoms with Gasteiger partial charge in [0.1, 0.15) is 6.54 Å². The molecule has 0 spiro atoms. The van der Waals surface area contributed by atoms with Crippen LogP contribution in [0.2, 0.25) is 10.0 Å². The van der Waals surface area contributed by atoms with E-state index in [0.717, 1.165) is 4.68 Å². The van der Waals surface area contributed by atoms with Crippen molar-refractivity contribution in [3.63, 3.8) is 0 Å². The molecular weight excluding hydrogens is 301 g/mol. The third-order valence-corrected chi connectivity index (χ3v) is 3.05. The Labute approximate surface area is 125 Å². The number of anilines is 1. The highest BCUT2D eigenvalue weighted by atomic mass is 35.5. The van der Waals surface area contributed by atoms with Gasteiger partial charge in [0.15, 0.2) is 0 Å². The largest absolute Gasteiger partial charge is 0.323 e. The molecule has 104 valence electrons. The first-order valence-electron chi connectivity index (χ1n) is 5.75. The molecule has 0 atom stereocenters. The molecule has 0 aliphatic rings. The summed E-state index contributed by atoms with van der Waals surface area (Å²) in [6.45, 7) is 1.56. The maximum atomic E-state index is 11.9. The van der Waals surface area contributed by atoms with Crippen molar-refractivity contribution in [1.82, 2.24) is 9.78 Å². The monoisotopic (exact) mass is 311 g/mol. The highest BCUT2D eigenvalue weighted by Crippen LogP contribution is 2.25. The molecule has 1 aromatic carbocycles. The molecule has 0 unspecified atom stereocenters. The standard InChI is InChI=1S/C13H11Cl2N3O2/c1-8-2-5-13(20)18(17-8)7-12(19)16-11-4-3-9(14)6-10(11)15/h2-6H,7H2,1H3,(H,16,19). The second-order valence-corrected chi connectivity index (χ2v) is 4.99. The van der Waals surface area contributed by atoms with Crippen molar-refractivity contribution < 1.29 is 4.79 Å². The number of benzene rings is 1. The number of nitrogens with one attached hydrogen (secondary N) is 1. The van der Waals surface area contributed by atoms with Crippen molar-refractivity contribution in [2.24, 2.45) is 0 Å². The summed E-state index contributed by atoms with van der Waals surface area (Å²) in [6.07, 6.45) is 0. The Balaban J connectivity index is 2.13. The van der Waals surface area contributed by atoms with E-state index in [2.05, 4.69) is 10.4 Å². The number of halogens is 2. The molecular formula is C13H11Cl2N3O2. The lowest BCUT2D eigenvalue weighted by atomic mass is 10.3. The molecule has 0 fully saturated rings. The van der Waals surface area contributed by atoms with E-state index < -0.39 is 5.91 Å². The number of hydrogen-bond acceptors (Lipinski definition) is 3. The normalized spacial score (nSPS) is 10.3. The third-order valence-electron chi connectivity index (χ3n) is 2.50. The fourth-order valence-electron chi connectivity index (χ4n) is 1.58. The molecule has 2 aromatic rings. The van der Waals surface area contributed by atoms with Gasteiger partial charge in [-0.3, -0.25) is 9.59 Å². The topological polar surface area (TPSA) is 64.0 Å². The molecule has 0 aliphatic carbocycles. The molecule has 1 amide bonds. The molecule has 1 aromatic heterocycles. The van der Waals surface area contributed by atoms with Gasteiger partial charge >= 0.3 is 0 Å². The predicted molar refractivity (Wildman–Crippen MR) is 78.3 cm³/mol. The van der Waals surface area contributed by atoms with Gasteiger partial charge in [0.2, 0.25) is 5.91 Å². The van der Waals surface area contributed by atoms with Crippen LogP contribution < -0.4 is 10.9 Å². The Morgan fingerprint density at radius 2 is 2.05 bits per heavy atom. The zero-order valence-electron chi connectivity index (χ0n) is 10.6. The number of hydrogen-bond donors (Lipinski definition) is 1.